The van der Waals surface area contributed by atoms with Crippen LogP contribution in [0.4, 0.5) is 5.69 Å². The second kappa shape index (κ2) is 8.01. The van der Waals surface area contributed by atoms with Crippen LogP contribution in [-0.2, 0) is 10.0 Å². The average Bonchev–Trinajstić information content (AvgIpc) is 2.96. The Balaban J connectivity index is 1.42. The van der Waals surface area contributed by atoms with Crippen LogP contribution in [0, 0.1) is 6.92 Å². The Morgan fingerprint density at radius 3 is 2.69 bits per heavy atom. The van der Waals surface area contributed by atoms with E-state index in [-0.39, 0.29) is 0 Å². The fraction of sp³-hybridized carbons (Fsp3) is 0.278. The topological polar surface area (TPSA) is 84.1 Å². The van der Waals surface area contributed by atoms with Crippen LogP contribution in [-0.4, -0.2) is 37.0 Å². The number of aromatic nitrogens is 2. The van der Waals surface area contributed by atoms with Gasteiger partial charge in [-0.1, -0.05) is 17.8 Å². The van der Waals surface area contributed by atoms with Crippen molar-refractivity contribution in [2.24, 2.45) is 0 Å². The number of rotatable bonds is 8. The Hall–Kier alpha value is -2.19. The molecule has 2 N–H and O–H groups in total. The Morgan fingerprint density at radius 2 is 1.96 bits per heavy atom. The summed E-state index contributed by atoms with van der Waals surface area (Å²) >= 11 is 1.67. The van der Waals surface area contributed by atoms with Gasteiger partial charge in [-0.15, -0.1) is 0 Å². The normalized spacial score (nSPS) is 11.6. The van der Waals surface area contributed by atoms with Gasteiger partial charge in [0, 0.05) is 11.4 Å². The second-order valence-electron chi connectivity index (χ2n) is 6.01. The molecule has 0 aliphatic carbocycles. The van der Waals surface area contributed by atoms with E-state index < -0.39 is 10.0 Å². The number of fused-ring (bicyclic) bond motifs is 1. The number of anilines is 1. The SMILES string of the molecule is Cc1ccc2nc(SCCCOc3ccc(NS(C)(=O)=O)cc3)[nH]c2c1. The van der Waals surface area contributed by atoms with Crippen molar-refractivity contribution < 1.29 is 13.2 Å². The predicted octanol–water partition coefficient (Wildman–Crippen LogP) is 3.80. The Labute approximate surface area is 157 Å². The van der Waals surface area contributed by atoms with Crippen LogP contribution in [0.3, 0.4) is 0 Å². The summed E-state index contributed by atoms with van der Waals surface area (Å²) in [6.45, 7) is 2.65. The maximum Gasteiger partial charge on any atom is 0.229 e. The van der Waals surface area contributed by atoms with Crippen LogP contribution in [0.5, 0.6) is 5.75 Å². The van der Waals surface area contributed by atoms with Crippen LogP contribution < -0.4 is 9.46 Å². The summed E-state index contributed by atoms with van der Waals surface area (Å²) in [5.41, 5.74) is 3.78. The van der Waals surface area contributed by atoms with Crippen molar-refractivity contribution in [3.05, 3.63) is 48.0 Å². The molecule has 0 fully saturated rings. The van der Waals surface area contributed by atoms with Gasteiger partial charge in [0.1, 0.15) is 5.75 Å². The molecule has 3 rings (SSSR count). The van der Waals surface area contributed by atoms with E-state index in [1.165, 1.54) is 5.56 Å². The molecule has 0 atom stereocenters. The van der Waals surface area contributed by atoms with Crippen molar-refractivity contribution >= 4 is 38.5 Å². The molecule has 26 heavy (non-hydrogen) atoms. The smallest absolute Gasteiger partial charge is 0.229 e. The van der Waals surface area contributed by atoms with E-state index in [1.54, 1.807) is 36.0 Å². The van der Waals surface area contributed by atoms with Gasteiger partial charge in [0.15, 0.2) is 5.16 Å². The third kappa shape index (κ3) is 5.40. The Kier molecular flexibility index (Phi) is 5.73. The second-order valence-corrected chi connectivity index (χ2v) is 8.84. The molecule has 0 aliphatic rings. The molecule has 0 saturated heterocycles. The molecule has 0 saturated carbocycles. The summed E-state index contributed by atoms with van der Waals surface area (Å²) < 4.78 is 30.4. The number of sulfonamides is 1. The molecule has 0 radical (unpaired) electrons. The monoisotopic (exact) mass is 391 g/mol. The van der Waals surface area contributed by atoms with Gasteiger partial charge in [0.25, 0.3) is 0 Å². The van der Waals surface area contributed by atoms with E-state index in [0.29, 0.717) is 18.0 Å². The summed E-state index contributed by atoms with van der Waals surface area (Å²) in [5, 5.41) is 0.918. The molecule has 0 amide bonds. The van der Waals surface area contributed by atoms with Gasteiger partial charge in [-0.05, 0) is 55.3 Å². The molecule has 1 aromatic heterocycles. The maximum absolute atomic E-state index is 11.2. The van der Waals surface area contributed by atoms with E-state index >= 15 is 0 Å². The van der Waals surface area contributed by atoms with Gasteiger partial charge in [-0.25, -0.2) is 13.4 Å². The number of nitrogens with zero attached hydrogens (tertiary/aromatic N) is 1. The number of aromatic amines is 1. The zero-order chi connectivity index (χ0) is 18.6. The van der Waals surface area contributed by atoms with Crippen molar-refractivity contribution in [2.45, 2.75) is 18.5 Å². The molecular formula is C18H21N3O3S2. The first-order valence-electron chi connectivity index (χ1n) is 8.19. The van der Waals surface area contributed by atoms with E-state index in [0.717, 1.165) is 34.6 Å². The highest BCUT2D eigenvalue weighted by Crippen LogP contribution is 2.21. The Morgan fingerprint density at radius 1 is 1.19 bits per heavy atom. The van der Waals surface area contributed by atoms with Gasteiger partial charge in [-0.2, -0.15) is 0 Å². The average molecular weight is 392 g/mol. The lowest BCUT2D eigenvalue weighted by Crippen LogP contribution is -2.09. The summed E-state index contributed by atoms with van der Waals surface area (Å²) in [7, 11) is -3.26. The van der Waals surface area contributed by atoms with Gasteiger partial charge in [0.2, 0.25) is 10.0 Å². The number of aryl methyl sites for hydroxylation is 1. The first kappa shape index (κ1) is 18.6. The molecule has 6 nitrogen and oxygen atoms in total. The quantitative estimate of drug-likeness (QED) is 0.451. The fourth-order valence-corrected chi connectivity index (χ4v) is 3.78. The summed E-state index contributed by atoms with van der Waals surface area (Å²) in [5.74, 6) is 1.61. The number of benzene rings is 2. The third-order valence-electron chi connectivity index (χ3n) is 3.57. The van der Waals surface area contributed by atoms with E-state index in [4.69, 9.17) is 4.74 Å². The number of nitrogens with one attached hydrogen (secondary N) is 2. The lowest BCUT2D eigenvalue weighted by Gasteiger charge is -2.07. The van der Waals surface area contributed by atoms with Crippen LogP contribution in [0.2, 0.25) is 0 Å². The molecule has 0 unspecified atom stereocenters. The molecule has 138 valence electrons. The molecule has 0 spiro atoms. The number of imidazole rings is 1. The lowest BCUT2D eigenvalue weighted by atomic mass is 10.2. The molecule has 8 heteroatoms. The largest absolute Gasteiger partial charge is 0.494 e. The number of hydrogen-bond acceptors (Lipinski definition) is 5. The highest BCUT2D eigenvalue weighted by molar-refractivity contribution is 7.99. The van der Waals surface area contributed by atoms with Crippen molar-refractivity contribution in [1.29, 1.82) is 0 Å². The Bertz CT molecular complexity index is 983. The van der Waals surface area contributed by atoms with Gasteiger partial charge >= 0.3 is 0 Å². The minimum absolute atomic E-state index is 0.524. The van der Waals surface area contributed by atoms with Crippen molar-refractivity contribution in [3.8, 4) is 5.75 Å². The molecular weight excluding hydrogens is 370 g/mol. The summed E-state index contributed by atoms with van der Waals surface area (Å²) in [6.07, 6.45) is 2.00. The zero-order valence-electron chi connectivity index (χ0n) is 14.7. The summed E-state index contributed by atoms with van der Waals surface area (Å²) in [6, 6.07) is 13.0. The number of hydrogen-bond donors (Lipinski definition) is 2. The third-order valence-corrected chi connectivity index (χ3v) is 5.14. The van der Waals surface area contributed by atoms with Crippen LogP contribution in [0.1, 0.15) is 12.0 Å². The first-order chi connectivity index (χ1) is 12.4. The first-order valence-corrected chi connectivity index (χ1v) is 11.1. The van der Waals surface area contributed by atoms with Gasteiger partial charge in [0.05, 0.1) is 23.9 Å². The number of thioether (sulfide) groups is 1. The standard InChI is InChI=1S/C18H21N3O3S2/c1-13-4-9-16-17(12-13)20-18(19-16)25-11-3-10-24-15-7-5-14(6-8-15)21-26(2,22)23/h4-9,12,21H,3,10-11H2,1-2H3,(H,19,20). The molecule has 0 aliphatic heterocycles. The maximum atomic E-state index is 11.2. The van der Waals surface area contributed by atoms with E-state index in [1.807, 2.05) is 6.07 Å². The molecule has 1 heterocycles. The lowest BCUT2D eigenvalue weighted by molar-refractivity contribution is 0.319. The zero-order valence-corrected chi connectivity index (χ0v) is 16.3. The van der Waals surface area contributed by atoms with Crippen molar-refractivity contribution in [2.75, 3.05) is 23.3 Å². The van der Waals surface area contributed by atoms with Crippen molar-refractivity contribution in [1.82, 2.24) is 9.97 Å². The fourth-order valence-electron chi connectivity index (χ4n) is 2.42. The van der Waals surface area contributed by atoms with Gasteiger partial charge < -0.3 is 9.72 Å². The highest BCUT2D eigenvalue weighted by Gasteiger charge is 2.04. The van der Waals surface area contributed by atoms with Crippen molar-refractivity contribution in [3.63, 3.8) is 0 Å². The number of ether oxygens (including phenoxy) is 1. The van der Waals surface area contributed by atoms with Crippen LogP contribution >= 0.6 is 11.8 Å². The minimum Gasteiger partial charge on any atom is -0.494 e. The molecule has 0 bridgehead atoms. The van der Waals surface area contributed by atoms with E-state index in [9.17, 15) is 8.42 Å². The molecule has 3 aromatic rings. The van der Waals surface area contributed by atoms with Gasteiger partial charge in [-0.3, -0.25) is 4.72 Å². The minimum atomic E-state index is -3.26. The predicted molar refractivity (Wildman–Crippen MR) is 107 cm³/mol. The highest BCUT2D eigenvalue weighted by atomic mass is 32.2. The number of H-pyrrole nitrogens is 1. The molecule has 2 aromatic carbocycles. The van der Waals surface area contributed by atoms with E-state index in [2.05, 4.69) is 33.7 Å². The van der Waals surface area contributed by atoms with Crippen LogP contribution in [0.15, 0.2) is 47.6 Å². The summed E-state index contributed by atoms with van der Waals surface area (Å²) in [4.78, 5) is 7.88. The van der Waals surface area contributed by atoms with Crippen LogP contribution in [0.25, 0.3) is 11.0 Å².